The van der Waals surface area contributed by atoms with E-state index >= 15 is 0 Å². The van der Waals surface area contributed by atoms with Crippen LogP contribution in [0.2, 0.25) is 0 Å². The number of carbonyl (C=O) groups excluding carboxylic acids is 2. The molecule has 8 nitrogen and oxygen atoms in total. The third-order valence-electron chi connectivity index (χ3n) is 4.29. The Morgan fingerprint density at radius 3 is 2.35 bits per heavy atom. The average Bonchev–Trinajstić information content (AvgIpc) is 2.75. The lowest BCUT2D eigenvalue weighted by molar-refractivity contribution is -0.119. The van der Waals surface area contributed by atoms with E-state index in [1.54, 1.807) is 0 Å². The number of nitrogens with zero attached hydrogens (tertiary/aromatic N) is 1. The molecule has 0 atom stereocenters. The Bertz CT molecular complexity index is 1100. The molecule has 2 aromatic rings. The van der Waals surface area contributed by atoms with Gasteiger partial charge in [0.15, 0.2) is 18.2 Å². The van der Waals surface area contributed by atoms with Crippen molar-refractivity contribution in [1.29, 1.82) is 0 Å². The van der Waals surface area contributed by atoms with Gasteiger partial charge in [0.05, 0.1) is 18.8 Å². The van der Waals surface area contributed by atoms with Crippen molar-refractivity contribution in [2.75, 3.05) is 38.2 Å². The molecule has 166 valence electrons. The van der Waals surface area contributed by atoms with Crippen molar-refractivity contribution in [3.05, 3.63) is 59.4 Å². The van der Waals surface area contributed by atoms with Gasteiger partial charge in [-0.1, -0.05) is 0 Å². The van der Waals surface area contributed by atoms with Gasteiger partial charge in [0.1, 0.15) is 10.7 Å². The topological polar surface area (TPSA) is 102 Å². The lowest BCUT2D eigenvalue weighted by Gasteiger charge is -2.26. The third-order valence-corrected chi connectivity index (χ3v) is 6.21. The summed E-state index contributed by atoms with van der Waals surface area (Å²) in [6, 6.07) is 5.33. The van der Waals surface area contributed by atoms with Gasteiger partial charge in [-0.15, -0.1) is 0 Å². The molecule has 0 aliphatic carbocycles. The quantitative estimate of drug-likeness (QED) is 0.664. The Hall–Kier alpha value is -2.96. The number of hydrogen-bond acceptors (Lipinski definition) is 6. The first kappa shape index (κ1) is 22.7. The molecule has 0 bridgehead atoms. The minimum absolute atomic E-state index is 0.0423. The second-order valence-corrected chi connectivity index (χ2v) is 8.32. The minimum atomic E-state index is -4.20. The van der Waals surface area contributed by atoms with E-state index in [9.17, 15) is 31.2 Å². The van der Waals surface area contributed by atoms with Crippen LogP contribution in [0.3, 0.4) is 0 Å². The number of esters is 1. The van der Waals surface area contributed by atoms with Gasteiger partial charge >= 0.3 is 5.97 Å². The highest BCUT2D eigenvalue weighted by atomic mass is 32.2. The van der Waals surface area contributed by atoms with E-state index in [0.29, 0.717) is 0 Å². The van der Waals surface area contributed by atoms with Crippen LogP contribution < -0.4 is 5.32 Å². The molecular weight excluding hydrogens is 441 g/mol. The Labute approximate surface area is 175 Å². The molecule has 1 aliphatic rings. The van der Waals surface area contributed by atoms with Crippen LogP contribution in [-0.4, -0.2) is 57.5 Å². The number of rotatable bonds is 6. The minimum Gasteiger partial charge on any atom is -0.452 e. The number of benzene rings is 2. The fourth-order valence-corrected chi connectivity index (χ4v) is 4.24. The van der Waals surface area contributed by atoms with Crippen LogP contribution in [-0.2, 0) is 24.3 Å². The molecule has 31 heavy (non-hydrogen) atoms. The largest absolute Gasteiger partial charge is 0.452 e. The second-order valence-electron chi connectivity index (χ2n) is 6.41. The molecule has 3 rings (SSSR count). The first-order valence-electron chi connectivity index (χ1n) is 8.98. The van der Waals surface area contributed by atoms with E-state index in [-0.39, 0.29) is 37.6 Å². The first-order chi connectivity index (χ1) is 14.7. The summed E-state index contributed by atoms with van der Waals surface area (Å²) in [6.45, 7) is -0.382. The van der Waals surface area contributed by atoms with E-state index in [0.717, 1.165) is 40.7 Å². The number of carbonyl (C=O) groups is 2. The van der Waals surface area contributed by atoms with Crippen LogP contribution in [0.4, 0.5) is 18.9 Å². The van der Waals surface area contributed by atoms with Crippen LogP contribution in [0.1, 0.15) is 10.4 Å². The fraction of sp³-hybridized carbons (Fsp3) is 0.263. The molecule has 1 aliphatic heterocycles. The van der Waals surface area contributed by atoms with Crippen molar-refractivity contribution in [1.82, 2.24) is 4.31 Å². The predicted molar refractivity (Wildman–Crippen MR) is 101 cm³/mol. The molecule has 0 saturated carbocycles. The number of halogens is 3. The Morgan fingerprint density at radius 2 is 1.68 bits per heavy atom. The number of nitrogens with one attached hydrogen (secondary N) is 1. The van der Waals surface area contributed by atoms with Crippen molar-refractivity contribution in [2.24, 2.45) is 0 Å². The highest BCUT2D eigenvalue weighted by Gasteiger charge is 2.30. The molecule has 0 unspecified atom stereocenters. The monoisotopic (exact) mass is 458 g/mol. The fourth-order valence-electron chi connectivity index (χ4n) is 2.74. The molecule has 1 N–H and O–H groups in total. The summed E-state index contributed by atoms with van der Waals surface area (Å²) in [5.41, 5.74) is -0.338. The summed E-state index contributed by atoms with van der Waals surface area (Å²) in [5.74, 6) is -5.22. The molecule has 0 spiro atoms. The summed E-state index contributed by atoms with van der Waals surface area (Å²) < 4.78 is 76.5. The molecule has 1 amide bonds. The number of hydrogen-bond donors (Lipinski definition) is 1. The molecule has 12 heteroatoms. The van der Waals surface area contributed by atoms with Gasteiger partial charge in [-0.05, 0) is 30.3 Å². The third kappa shape index (κ3) is 5.40. The molecule has 1 fully saturated rings. The highest BCUT2D eigenvalue weighted by Crippen LogP contribution is 2.22. The van der Waals surface area contributed by atoms with E-state index in [1.165, 1.54) is 0 Å². The van der Waals surface area contributed by atoms with E-state index in [1.807, 2.05) is 0 Å². The number of ether oxygens (including phenoxy) is 2. The van der Waals surface area contributed by atoms with E-state index in [4.69, 9.17) is 9.47 Å². The zero-order valence-corrected chi connectivity index (χ0v) is 16.8. The van der Waals surface area contributed by atoms with Crippen LogP contribution >= 0.6 is 0 Å². The van der Waals surface area contributed by atoms with Crippen LogP contribution in [0, 0.1) is 17.5 Å². The number of morpholine rings is 1. The second kappa shape index (κ2) is 9.45. The van der Waals surface area contributed by atoms with Gasteiger partial charge in [0, 0.05) is 24.8 Å². The lowest BCUT2D eigenvalue weighted by atomic mass is 10.2. The summed E-state index contributed by atoms with van der Waals surface area (Å²) in [5, 5.41) is 2.21. The van der Waals surface area contributed by atoms with E-state index in [2.05, 4.69) is 5.32 Å². The first-order valence-corrected chi connectivity index (χ1v) is 10.4. The summed E-state index contributed by atoms with van der Waals surface area (Å²) in [4.78, 5) is 23.4. The maximum atomic E-state index is 14.2. The lowest BCUT2D eigenvalue weighted by Crippen LogP contribution is -2.41. The Morgan fingerprint density at radius 1 is 1.00 bits per heavy atom. The van der Waals surface area contributed by atoms with Gasteiger partial charge in [-0.3, -0.25) is 4.79 Å². The van der Waals surface area contributed by atoms with Gasteiger partial charge in [-0.2, -0.15) is 4.31 Å². The van der Waals surface area contributed by atoms with Crippen molar-refractivity contribution < 1.29 is 40.7 Å². The molecule has 0 aromatic heterocycles. The van der Waals surface area contributed by atoms with Gasteiger partial charge in [0.2, 0.25) is 10.0 Å². The maximum Gasteiger partial charge on any atom is 0.338 e. The van der Waals surface area contributed by atoms with Crippen LogP contribution in [0.25, 0.3) is 0 Å². The number of sulfonamides is 1. The average molecular weight is 458 g/mol. The summed E-state index contributed by atoms with van der Waals surface area (Å²) in [7, 11) is -4.20. The number of amides is 1. The van der Waals surface area contributed by atoms with Crippen molar-refractivity contribution >= 4 is 27.6 Å². The van der Waals surface area contributed by atoms with Crippen molar-refractivity contribution in [3.63, 3.8) is 0 Å². The van der Waals surface area contributed by atoms with Crippen molar-refractivity contribution in [2.45, 2.75) is 4.90 Å². The van der Waals surface area contributed by atoms with Crippen molar-refractivity contribution in [3.8, 4) is 0 Å². The number of anilines is 1. The van der Waals surface area contributed by atoms with Gasteiger partial charge in [0.25, 0.3) is 5.91 Å². The zero-order chi connectivity index (χ0) is 22.6. The SMILES string of the molecule is O=C(COC(=O)c1ccc(F)c(S(=O)(=O)N2CCOCC2)c1)Nc1ccc(F)c(F)c1. The Balaban J connectivity index is 1.67. The van der Waals surface area contributed by atoms with Gasteiger partial charge in [-0.25, -0.2) is 26.4 Å². The van der Waals surface area contributed by atoms with Crippen LogP contribution in [0.5, 0.6) is 0 Å². The normalized spacial score (nSPS) is 14.8. The molecular formula is C19H17F3N2O6S. The van der Waals surface area contributed by atoms with Gasteiger partial charge < -0.3 is 14.8 Å². The summed E-state index contributed by atoms with van der Waals surface area (Å²) in [6.07, 6.45) is 0. The highest BCUT2D eigenvalue weighted by molar-refractivity contribution is 7.89. The molecule has 1 saturated heterocycles. The smallest absolute Gasteiger partial charge is 0.338 e. The Kier molecular flexibility index (Phi) is 6.93. The van der Waals surface area contributed by atoms with E-state index < -0.39 is 50.9 Å². The maximum absolute atomic E-state index is 14.2. The predicted octanol–water partition coefficient (Wildman–Crippen LogP) is 1.92. The molecule has 0 radical (unpaired) electrons. The molecule has 2 aromatic carbocycles. The summed E-state index contributed by atoms with van der Waals surface area (Å²) >= 11 is 0. The standard InChI is InChI=1S/C19H17F3N2O6S/c20-14-4-2-13(10-16(14)22)23-18(25)11-30-19(26)12-1-3-15(21)17(9-12)31(27,28)24-5-7-29-8-6-24/h1-4,9-10H,5-8,11H2,(H,23,25). The zero-order valence-electron chi connectivity index (χ0n) is 15.9. The molecule has 1 heterocycles. The van der Waals surface area contributed by atoms with Crippen LogP contribution in [0.15, 0.2) is 41.3 Å².